The van der Waals surface area contributed by atoms with Crippen molar-refractivity contribution >= 4 is 11.7 Å². The van der Waals surface area contributed by atoms with Crippen LogP contribution in [0.1, 0.15) is 22.8 Å². The molecule has 1 aromatic heterocycles. The number of hydrogen-bond acceptors (Lipinski definition) is 3. The lowest BCUT2D eigenvalue weighted by Gasteiger charge is -2.07. The second-order valence-electron chi connectivity index (χ2n) is 3.87. The summed E-state index contributed by atoms with van der Waals surface area (Å²) in [5, 5.41) is 3.26. The molecule has 0 radical (unpaired) electrons. The van der Waals surface area contributed by atoms with Crippen LogP contribution < -0.4 is 5.32 Å². The number of aromatic amines is 1. The van der Waals surface area contributed by atoms with Gasteiger partial charge in [-0.3, -0.25) is 0 Å². The van der Waals surface area contributed by atoms with E-state index in [4.69, 9.17) is 4.74 Å². The van der Waals surface area contributed by atoms with E-state index in [1.165, 1.54) is 0 Å². The molecule has 18 heavy (non-hydrogen) atoms. The van der Waals surface area contributed by atoms with Gasteiger partial charge in [-0.1, -0.05) is 6.07 Å². The summed E-state index contributed by atoms with van der Waals surface area (Å²) in [4.78, 5) is 14.6. The maximum atomic E-state index is 11.6. The van der Waals surface area contributed by atoms with E-state index in [1.807, 2.05) is 30.6 Å². The third-order valence-electron chi connectivity index (χ3n) is 2.53. The maximum Gasteiger partial charge on any atom is 0.338 e. The minimum Gasteiger partial charge on any atom is -0.462 e. The Morgan fingerprint density at radius 1 is 1.39 bits per heavy atom. The number of ether oxygens (including phenoxy) is 1. The summed E-state index contributed by atoms with van der Waals surface area (Å²) in [6.07, 6.45) is 3.81. The van der Waals surface area contributed by atoms with E-state index < -0.39 is 0 Å². The monoisotopic (exact) mass is 244 g/mol. The largest absolute Gasteiger partial charge is 0.462 e. The van der Waals surface area contributed by atoms with Gasteiger partial charge in [0.1, 0.15) is 0 Å². The number of aromatic nitrogens is 1. The average molecular weight is 244 g/mol. The van der Waals surface area contributed by atoms with Crippen molar-refractivity contribution < 1.29 is 9.53 Å². The Hall–Kier alpha value is -2.23. The number of esters is 1. The van der Waals surface area contributed by atoms with E-state index in [9.17, 15) is 4.79 Å². The molecule has 2 N–H and O–H groups in total. The van der Waals surface area contributed by atoms with Gasteiger partial charge in [-0.2, -0.15) is 0 Å². The number of H-pyrrole nitrogens is 1. The zero-order valence-electron chi connectivity index (χ0n) is 10.3. The Balaban J connectivity index is 2.01. The van der Waals surface area contributed by atoms with Crippen LogP contribution in [0.25, 0.3) is 0 Å². The highest BCUT2D eigenvalue weighted by molar-refractivity contribution is 5.90. The molecule has 0 spiro atoms. The van der Waals surface area contributed by atoms with Gasteiger partial charge in [-0.05, 0) is 36.8 Å². The van der Waals surface area contributed by atoms with Crippen molar-refractivity contribution in [3.05, 3.63) is 53.9 Å². The molecule has 0 saturated carbocycles. The summed E-state index contributed by atoms with van der Waals surface area (Å²) in [5.41, 5.74) is 2.63. The lowest BCUT2D eigenvalue weighted by atomic mass is 10.2. The molecule has 0 fully saturated rings. The van der Waals surface area contributed by atoms with Crippen LogP contribution in [0.5, 0.6) is 0 Å². The normalized spacial score (nSPS) is 10.1. The van der Waals surface area contributed by atoms with Crippen LogP contribution in [0.3, 0.4) is 0 Å². The average Bonchev–Trinajstić information content (AvgIpc) is 2.90. The number of hydrogen-bond donors (Lipinski definition) is 2. The smallest absolute Gasteiger partial charge is 0.338 e. The standard InChI is InChI=1S/C14H16N2O2/c1-2-18-14(17)12-4-3-5-13(8-12)16-10-11-6-7-15-9-11/h3-9,15-16H,2,10H2,1H3. The fourth-order valence-corrected chi connectivity index (χ4v) is 1.64. The fourth-order valence-electron chi connectivity index (χ4n) is 1.64. The van der Waals surface area contributed by atoms with Gasteiger partial charge in [-0.25, -0.2) is 4.79 Å². The molecule has 1 aromatic carbocycles. The van der Waals surface area contributed by atoms with Crippen molar-refractivity contribution in [1.29, 1.82) is 0 Å². The molecule has 2 rings (SSSR count). The van der Waals surface area contributed by atoms with Gasteiger partial charge in [0.05, 0.1) is 12.2 Å². The summed E-state index contributed by atoms with van der Waals surface area (Å²) >= 11 is 0. The molecule has 0 aliphatic carbocycles. The van der Waals surface area contributed by atoms with Crippen molar-refractivity contribution in [1.82, 2.24) is 4.98 Å². The molecule has 0 atom stereocenters. The molecule has 94 valence electrons. The number of rotatable bonds is 5. The van der Waals surface area contributed by atoms with Gasteiger partial charge in [0.25, 0.3) is 0 Å². The van der Waals surface area contributed by atoms with Crippen LogP contribution in [0.15, 0.2) is 42.7 Å². The van der Waals surface area contributed by atoms with E-state index in [-0.39, 0.29) is 5.97 Å². The van der Waals surface area contributed by atoms with Crippen molar-refractivity contribution in [2.45, 2.75) is 13.5 Å². The molecule has 0 amide bonds. The highest BCUT2D eigenvalue weighted by Gasteiger charge is 2.06. The molecule has 0 unspecified atom stereocenters. The van der Waals surface area contributed by atoms with Crippen molar-refractivity contribution in [3.8, 4) is 0 Å². The lowest BCUT2D eigenvalue weighted by Crippen LogP contribution is -2.05. The second-order valence-corrected chi connectivity index (χ2v) is 3.87. The number of anilines is 1. The van der Waals surface area contributed by atoms with Crippen molar-refractivity contribution in [2.24, 2.45) is 0 Å². The number of carbonyl (C=O) groups excluding carboxylic acids is 1. The quantitative estimate of drug-likeness (QED) is 0.795. The summed E-state index contributed by atoms with van der Waals surface area (Å²) in [6.45, 7) is 2.90. The first kappa shape index (κ1) is 12.2. The fraction of sp³-hybridized carbons (Fsp3) is 0.214. The van der Waals surface area contributed by atoms with E-state index >= 15 is 0 Å². The topological polar surface area (TPSA) is 54.1 Å². The molecule has 4 heteroatoms. The van der Waals surface area contributed by atoms with Gasteiger partial charge in [-0.15, -0.1) is 0 Å². The molecule has 0 aliphatic rings. The van der Waals surface area contributed by atoms with Crippen molar-refractivity contribution in [2.75, 3.05) is 11.9 Å². The first-order chi connectivity index (χ1) is 8.79. The molecular weight excluding hydrogens is 228 g/mol. The predicted octanol–water partition coefficient (Wildman–Crippen LogP) is 2.80. The van der Waals surface area contributed by atoms with E-state index in [0.29, 0.717) is 12.2 Å². The Morgan fingerprint density at radius 2 is 2.28 bits per heavy atom. The molecule has 1 heterocycles. The Labute approximate surface area is 106 Å². The Bertz CT molecular complexity index is 506. The molecule has 0 saturated heterocycles. The number of benzene rings is 1. The van der Waals surface area contributed by atoms with Crippen molar-refractivity contribution in [3.63, 3.8) is 0 Å². The molecule has 0 bridgehead atoms. The van der Waals surface area contributed by atoms with Crippen LogP contribution in [-0.2, 0) is 11.3 Å². The van der Waals surface area contributed by atoms with Crippen LogP contribution >= 0.6 is 0 Å². The van der Waals surface area contributed by atoms with Gasteiger partial charge < -0.3 is 15.0 Å². The van der Waals surface area contributed by atoms with Gasteiger partial charge >= 0.3 is 5.97 Å². The summed E-state index contributed by atoms with van der Waals surface area (Å²) in [7, 11) is 0. The first-order valence-corrected chi connectivity index (χ1v) is 5.92. The minimum atomic E-state index is -0.289. The van der Waals surface area contributed by atoms with Crippen LogP contribution in [0, 0.1) is 0 Å². The molecule has 0 aliphatic heterocycles. The minimum absolute atomic E-state index is 0.289. The predicted molar refractivity (Wildman–Crippen MR) is 70.5 cm³/mol. The number of carbonyl (C=O) groups is 1. The first-order valence-electron chi connectivity index (χ1n) is 5.92. The maximum absolute atomic E-state index is 11.6. The SMILES string of the molecule is CCOC(=O)c1cccc(NCc2cc[nH]c2)c1. The Kier molecular flexibility index (Phi) is 4.02. The summed E-state index contributed by atoms with van der Waals surface area (Å²) < 4.78 is 4.96. The summed E-state index contributed by atoms with van der Waals surface area (Å²) in [5.74, 6) is -0.289. The van der Waals surface area contributed by atoms with Gasteiger partial charge in [0, 0.05) is 24.6 Å². The van der Waals surface area contributed by atoms with Gasteiger partial charge in [0.2, 0.25) is 0 Å². The number of nitrogens with one attached hydrogen (secondary N) is 2. The third kappa shape index (κ3) is 3.13. The lowest BCUT2D eigenvalue weighted by molar-refractivity contribution is 0.0526. The van der Waals surface area contributed by atoms with E-state index in [2.05, 4.69) is 10.3 Å². The van der Waals surface area contributed by atoms with Crippen LogP contribution in [0.4, 0.5) is 5.69 Å². The molecule has 4 nitrogen and oxygen atoms in total. The molecule has 2 aromatic rings. The highest BCUT2D eigenvalue weighted by atomic mass is 16.5. The molecular formula is C14H16N2O2. The zero-order valence-corrected chi connectivity index (χ0v) is 10.3. The van der Waals surface area contributed by atoms with E-state index in [0.717, 1.165) is 17.8 Å². The van der Waals surface area contributed by atoms with Gasteiger partial charge in [0.15, 0.2) is 0 Å². The second kappa shape index (κ2) is 5.91. The zero-order chi connectivity index (χ0) is 12.8. The van der Waals surface area contributed by atoms with Crippen LogP contribution in [-0.4, -0.2) is 17.6 Å². The van der Waals surface area contributed by atoms with E-state index in [1.54, 1.807) is 19.1 Å². The van der Waals surface area contributed by atoms with Crippen LogP contribution in [0.2, 0.25) is 0 Å². The third-order valence-corrected chi connectivity index (χ3v) is 2.53. The summed E-state index contributed by atoms with van der Waals surface area (Å²) in [6, 6.07) is 9.31. The Morgan fingerprint density at radius 3 is 3.00 bits per heavy atom. The highest BCUT2D eigenvalue weighted by Crippen LogP contribution is 2.13.